The molecule has 1 atom stereocenters. The molecule has 2 heterocycles. The molecule has 1 aliphatic heterocycles. The highest BCUT2D eigenvalue weighted by atomic mass is 32.2. The highest BCUT2D eigenvalue weighted by Gasteiger charge is 2.33. The third kappa shape index (κ3) is 2.89. The molecular formula is C15H17NO3S2. The molecule has 112 valence electrons. The van der Waals surface area contributed by atoms with Crippen molar-refractivity contribution in [2.45, 2.75) is 23.2 Å². The van der Waals surface area contributed by atoms with Gasteiger partial charge in [0.15, 0.2) is 0 Å². The van der Waals surface area contributed by atoms with Crippen molar-refractivity contribution >= 4 is 21.4 Å². The Labute approximate surface area is 128 Å². The van der Waals surface area contributed by atoms with E-state index in [1.807, 2.05) is 18.2 Å². The van der Waals surface area contributed by atoms with Gasteiger partial charge >= 0.3 is 0 Å². The predicted octanol–water partition coefficient (Wildman–Crippen LogP) is 2.42. The summed E-state index contributed by atoms with van der Waals surface area (Å²) in [6.45, 7) is 0.950. The number of nitrogens with zero attached hydrogens (tertiary/aromatic N) is 1. The van der Waals surface area contributed by atoms with Crippen molar-refractivity contribution in [3.8, 4) is 0 Å². The minimum Gasteiger partial charge on any atom is -0.392 e. The van der Waals surface area contributed by atoms with Crippen LogP contribution in [0.15, 0.2) is 46.0 Å². The van der Waals surface area contributed by atoms with E-state index in [-0.39, 0.29) is 12.5 Å². The molecule has 1 aromatic carbocycles. The number of hydrogen-bond donors (Lipinski definition) is 1. The van der Waals surface area contributed by atoms with Crippen LogP contribution in [0.25, 0.3) is 0 Å². The third-order valence-corrected chi connectivity index (χ3v) is 7.16. The van der Waals surface area contributed by atoms with Gasteiger partial charge in [-0.3, -0.25) is 0 Å². The Kier molecular flexibility index (Phi) is 4.12. The lowest BCUT2D eigenvalue weighted by Crippen LogP contribution is -2.28. The van der Waals surface area contributed by atoms with Gasteiger partial charge in [-0.2, -0.15) is 4.31 Å². The van der Waals surface area contributed by atoms with E-state index in [9.17, 15) is 8.42 Å². The fraction of sp³-hybridized carbons (Fsp3) is 0.333. The van der Waals surface area contributed by atoms with E-state index in [0.29, 0.717) is 22.9 Å². The van der Waals surface area contributed by atoms with E-state index in [0.717, 1.165) is 6.42 Å². The molecule has 1 fully saturated rings. The van der Waals surface area contributed by atoms with Crippen LogP contribution in [0.5, 0.6) is 0 Å². The normalized spacial score (nSPS) is 20.0. The summed E-state index contributed by atoms with van der Waals surface area (Å²) in [5, 5.41) is 10.8. The largest absolute Gasteiger partial charge is 0.392 e. The van der Waals surface area contributed by atoms with Gasteiger partial charge < -0.3 is 5.11 Å². The van der Waals surface area contributed by atoms with Gasteiger partial charge in [-0.25, -0.2) is 8.42 Å². The fourth-order valence-corrected chi connectivity index (χ4v) is 5.50. The summed E-state index contributed by atoms with van der Waals surface area (Å²) in [5.74, 6) is 0.262. The maximum atomic E-state index is 12.6. The van der Waals surface area contributed by atoms with Crippen molar-refractivity contribution in [3.05, 3.63) is 52.9 Å². The summed E-state index contributed by atoms with van der Waals surface area (Å²) < 4.78 is 27.1. The molecule has 4 nitrogen and oxygen atoms in total. The van der Waals surface area contributed by atoms with Gasteiger partial charge in [-0.1, -0.05) is 30.3 Å². The molecule has 3 rings (SSSR count). The topological polar surface area (TPSA) is 57.6 Å². The van der Waals surface area contributed by atoms with Crippen LogP contribution in [0.3, 0.4) is 0 Å². The predicted molar refractivity (Wildman–Crippen MR) is 82.8 cm³/mol. The first kappa shape index (κ1) is 14.7. The first-order valence-electron chi connectivity index (χ1n) is 6.84. The molecule has 1 saturated heterocycles. The van der Waals surface area contributed by atoms with Gasteiger partial charge in [0.25, 0.3) is 10.0 Å². The van der Waals surface area contributed by atoms with E-state index in [4.69, 9.17) is 5.11 Å². The zero-order valence-electron chi connectivity index (χ0n) is 11.5. The first-order valence-corrected chi connectivity index (χ1v) is 9.16. The summed E-state index contributed by atoms with van der Waals surface area (Å²) in [4.78, 5) is 0. The van der Waals surface area contributed by atoms with Crippen LogP contribution in [0, 0.1) is 0 Å². The summed E-state index contributed by atoms with van der Waals surface area (Å²) >= 11 is 1.18. The van der Waals surface area contributed by atoms with Crippen molar-refractivity contribution in [3.63, 3.8) is 0 Å². The van der Waals surface area contributed by atoms with E-state index in [2.05, 4.69) is 12.1 Å². The lowest BCUT2D eigenvalue weighted by molar-refractivity contribution is 0.282. The Hall–Kier alpha value is -1.21. The van der Waals surface area contributed by atoms with E-state index in [1.165, 1.54) is 16.9 Å². The molecule has 6 heteroatoms. The van der Waals surface area contributed by atoms with Crippen LogP contribution in [0.1, 0.15) is 23.5 Å². The number of thiophene rings is 1. The molecule has 0 radical (unpaired) electrons. The molecular weight excluding hydrogens is 306 g/mol. The number of hydrogen-bond acceptors (Lipinski definition) is 4. The monoisotopic (exact) mass is 323 g/mol. The first-order chi connectivity index (χ1) is 10.1. The number of aliphatic hydroxyl groups is 1. The van der Waals surface area contributed by atoms with Crippen LogP contribution in [-0.2, 0) is 16.6 Å². The number of aliphatic hydroxyl groups excluding tert-OH is 1. The van der Waals surface area contributed by atoms with Crippen molar-refractivity contribution in [1.82, 2.24) is 4.31 Å². The van der Waals surface area contributed by atoms with Crippen LogP contribution < -0.4 is 0 Å². The number of rotatable bonds is 4. The number of sulfonamides is 1. The van der Waals surface area contributed by atoms with Gasteiger partial charge in [-0.05, 0) is 34.9 Å². The van der Waals surface area contributed by atoms with Crippen molar-refractivity contribution in [2.24, 2.45) is 0 Å². The molecule has 1 aliphatic rings. The van der Waals surface area contributed by atoms with Crippen molar-refractivity contribution < 1.29 is 13.5 Å². The Morgan fingerprint density at radius 2 is 2.05 bits per heavy atom. The Morgan fingerprint density at radius 1 is 1.29 bits per heavy atom. The lowest BCUT2D eigenvalue weighted by Gasteiger charge is -2.15. The van der Waals surface area contributed by atoms with Crippen LogP contribution in [0.2, 0.25) is 0 Å². The summed E-state index contributed by atoms with van der Waals surface area (Å²) in [5.41, 5.74) is 1.84. The molecule has 1 N–H and O–H groups in total. The molecule has 1 unspecified atom stereocenters. The van der Waals surface area contributed by atoms with Crippen LogP contribution in [-0.4, -0.2) is 30.9 Å². The van der Waals surface area contributed by atoms with Gasteiger partial charge in [0.1, 0.15) is 4.21 Å². The van der Waals surface area contributed by atoms with Crippen LogP contribution in [0.4, 0.5) is 0 Å². The van der Waals surface area contributed by atoms with Gasteiger partial charge in [-0.15, -0.1) is 11.3 Å². The minimum absolute atomic E-state index is 0.126. The SMILES string of the molecule is O=S(=O)(c1cc(CO)cs1)N1CCC(c2ccccc2)C1. The van der Waals surface area contributed by atoms with Crippen LogP contribution >= 0.6 is 11.3 Å². The average molecular weight is 323 g/mol. The molecule has 21 heavy (non-hydrogen) atoms. The maximum absolute atomic E-state index is 12.6. The summed E-state index contributed by atoms with van der Waals surface area (Å²) in [7, 11) is -3.43. The Balaban J connectivity index is 1.79. The third-order valence-electron chi connectivity index (χ3n) is 3.83. The highest BCUT2D eigenvalue weighted by molar-refractivity contribution is 7.91. The van der Waals surface area contributed by atoms with Crippen molar-refractivity contribution in [2.75, 3.05) is 13.1 Å². The molecule has 0 saturated carbocycles. The molecule has 2 aromatic rings. The second-order valence-corrected chi connectivity index (χ2v) is 8.27. The number of benzene rings is 1. The fourth-order valence-electron chi connectivity index (χ4n) is 2.64. The van der Waals surface area contributed by atoms with E-state index < -0.39 is 10.0 Å². The highest BCUT2D eigenvalue weighted by Crippen LogP contribution is 2.32. The molecule has 1 aromatic heterocycles. The zero-order valence-corrected chi connectivity index (χ0v) is 13.1. The second kappa shape index (κ2) is 5.88. The summed E-state index contributed by atoms with van der Waals surface area (Å²) in [6.07, 6.45) is 0.849. The van der Waals surface area contributed by atoms with Gasteiger partial charge in [0, 0.05) is 13.1 Å². The van der Waals surface area contributed by atoms with E-state index >= 15 is 0 Å². The molecule has 0 amide bonds. The minimum atomic E-state index is -3.43. The van der Waals surface area contributed by atoms with Gasteiger partial charge in [0.05, 0.1) is 6.61 Å². The smallest absolute Gasteiger partial charge is 0.252 e. The second-order valence-electron chi connectivity index (χ2n) is 5.19. The standard InChI is InChI=1S/C15H17NO3S2/c17-10-12-8-15(20-11-12)21(18,19)16-7-6-14(9-16)13-4-2-1-3-5-13/h1-5,8,11,14,17H,6-7,9-10H2. The zero-order chi connectivity index (χ0) is 14.9. The van der Waals surface area contributed by atoms with E-state index in [1.54, 1.807) is 15.8 Å². The quantitative estimate of drug-likeness (QED) is 0.940. The molecule has 0 spiro atoms. The summed E-state index contributed by atoms with van der Waals surface area (Å²) in [6, 6.07) is 11.6. The molecule has 0 bridgehead atoms. The Bertz CT molecular complexity index is 710. The Morgan fingerprint density at radius 3 is 2.71 bits per heavy atom. The van der Waals surface area contributed by atoms with Crippen molar-refractivity contribution in [1.29, 1.82) is 0 Å². The molecule has 0 aliphatic carbocycles. The lowest BCUT2D eigenvalue weighted by atomic mass is 9.99. The van der Waals surface area contributed by atoms with Gasteiger partial charge in [0.2, 0.25) is 0 Å². The maximum Gasteiger partial charge on any atom is 0.252 e. The average Bonchev–Trinajstić information content (AvgIpc) is 3.18.